The van der Waals surface area contributed by atoms with Gasteiger partial charge in [-0.3, -0.25) is 10.1 Å². The Morgan fingerprint density at radius 3 is 2.75 bits per heavy atom. The molecule has 0 saturated heterocycles. The van der Waals surface area contributed by atoms with E-state index in [1.54, 1.807) is 6.07 Å². The van der Waals surface area contributed by atoms with Crippen LogP contribution in [0.3, 0.4) is 0 Å². The zero-order valence-electron chi connectivity index (χ0n) is 11.9. The van der Waals surface area contributed by atoms with E-state index in [4.69, 9.17) is 4.74 Å². The highest BCUT2D eigenvalue weighted by Crippen LogP contribution is 2.20. The minimum atomic E-state index is -0.520. The number of rotatable bonds is 2. The zero-order chi connectivity index (χ0) is 15.2. The Kier molecular flexibility index (Phi) is 6.11. The molecule has 0 fully saturated rings. The van der Waals surface area contributed by atoms with Gasteiger partial charge < -0.3 is 4.74 Å². The van der Waals surface area contributed by atoms with E-state index in [2.05, 4.69) is 17.2 Å². The first kappa shape index (κ1) is 16.6. The topological polar surface area (TPSA) is 55.4 Å². The van der Waals surface area contributed by atoms with E-state index < -0.39 is 11.7 Å². The van der Waals surface area contributed by atoms with E-state index in [9.17, 15) is 9.59 Å². The molecule has 20 heavy (non-hydrogen) atoms. The number of hydrogen-bond acceptors (Lipinski definition) is 5. The molecule has 1 aromatic rings. The van der Waals surface area contributed by atoms with E-state index >= 15 is 0 Å². The molecule has 0 aliphatic rings. The molecule has 0 atom stereocenters. The maximum atomic E-state index is 11.6. The van der Waals surface area contributed by atoms with Gasteiger partial charge in [-0.2, -0.15) is 0 Å². The van der Waals surface area contributed by atoms with Crippen molar-refractivity contribution in [3.05, 3.63) is 17.0 Å². The normalized spacial score (nSPS) is 10.4. The average molecular weight is 311 g/mol. The van der Waals surface area contributed by atoms with Crippen molar-refractivity contribution in [2.45, 2.75) is 33.3 Å². The second-order valence-corrected chi connectivity index (χ2v) is 6.97. The number of carbonyl (C=O) groups is 2. The molecule has 1 amide bonds. The van der Waals surface area contributed by atoms with Crippen LogP contribution in [-0.4, -0.2) is 22.6 Å². The van der Waals surface area contributed by atoms with Gasteiger partial charge in [0.25, 0.3) is 0 Å². The van der Waals surface area contributed by atoms with Crippen molar-refractivity contribution in [2.75, 3.05) is 11.1 Å². The first-order valence-electron chi connectivity index (χ1n) is 5.97. The molecule has 108 valence electrons. The highest BCUT2D eigenvalue weighted by Gasteiger charge is 2.16. The molecule has 4 nitrogen and oxygen atoms in total. The van der Waals surface area contributed by atoms with Crippen LogP contribution in [0.25, 0.3) is 0 Å². The van der Waals surface area contributed by atoms with Crippen molar-refractivity contribution in [1.29, 1.82) is 0 Å². The van der Waals surface area contributed by atoms with Gasteiger partial charge in [-0.1, -0.05) is 23.6 Å². The van der Waals surface area contributed by atoms with Crippen LogP contribution in [0, 0.1) is 11.8 Å². The van der Waals surface area contributed by atoms with E-state index in [0.717, 1.165) is 5.56 Å². The maximum absolute atomic E-state index is 11.6. The number of thiophene rings is 1. The van der Waals surface area contributed by atoms with Gasteiger partial charge in [0.1, 0.15) is 5.60 Å². The number of carbonyl (C=O) groups excluding carboxylic acids is 2. The highest BCUT2D eigenvalue weighted by molar-refractivity contribution is 8.13. The molecular formula is C14H17NO3S2. The predicted octanol–water partition coefficient (Wildman–Crippen LogP) is 3.73. The van der Waals surface area contributed by atoms with E-state index in [1.807, 2.05) is 26.2 Å². The fourth-order valence-electron chi connectivity index (χ4n) is 1.15. The standard InChI is InChI=1S/C14H17NO3S2/c1-10(16)19-7-5-6-11-8-12(20-9-11)15-13(17)18-14(2,3)4/h8-9H,7H2,1-4H3,(H,15,17). The van der Waals surface area contributed by atoms with Crippen LogP contribution in [0.1, 0.15) is 33.3 Å². The van der Waals surface area contributed by atoms with Crippen molar-refractivity contribution >= 4 is 39.3 Å². The molecule has 0 bridgehead atoms. The number of amides is 1. The van der Waals surface area contributed by atoms with Crippen molar-refractivity contribution in [3.8, 4) is 11.8 Å². The van der Waals surface area contributed by atoms with Crippen molar-refractivity contribution < 1.29 is 14.3 Å². The van der Waals surface area contributed by atoms with Gasteiger partial charge >= 0.3 is 6.09 Å². The number of ether oxygens (including phenoxy) is 1. The summed E-state index contributed by atoms with van der Waals surface area (Å²) in [5.74, 6) is 6.30. The Balaban J connectivity index is 2.51. The van der Waals surface area contributed by atoms with Gasteiger partial charge in [-0.05, 0) is 26.8 Å². The van der Waals surface area contributed by atoms with Crippen LogP contribution in [0.4, 0.5) is 9.80 Å². The first-order valence-corrected chi connectivity index (χ1v) is 7.83. The third-order valence-corrected chi connectivity index (χ3v) is 3.34. The second-order valence-electron chi connectivity index (χ2n) is 4.91. The summed E-state index contributed by atoms with van der Waals surface area (Å²) >= 11 is 2.56. The van der Waals surface area contributed by atoms with Crippen LogP contribution in [0.5, 0.6) is 0 Å². The third kappa shape index (κ3) is 7.22. The summed E-state index contributed by atoms with van der Waals surface area (Å²) in [6.45, 7) is 6.94. The summed E-state index contributed by atoms with van der Waals surface area (Å²) < 4.78 is 5.16. The molecule has 0 aliphatic heterocycles. The highest BCUT2D eigenvalue weighted by atomic mass is 32.2. The molecule has 0 unspecified atom stereocenters. The molecule has 1 aromatic heterocycles. The smallest absolute Gasteiger partial charge is 0.412 e. The van der Waals surface area contributed by atoms with Crippen LogP contribution in [0.2, 0.25) is 0 Å². The predicted molar refractivity (Wildman–Crippen MR) is 84.2 cm³/mol. The molecule has 0 aliphatic carbocycles. The first-order chi connectivity index (χ1) is 9.26. The number of thioether (sulfide) groups is 1. The quantitative estimate of drug-likeness (QED) is 0.846. The molecule has 0 saturated carbocycles. The van der Waals surface area contributed by atoms with E-state index in [0.29, 0.717) is 10.8 Å². The Hall–Kier alpha value is -1.45. The van der Waals surface area contributed by atoms with Crippen molar-refractivity contribution in [2.24, 2.45) is 0 Å². The SMILES string of the molecule is CC(=O)SCC#Cc1csc(NC(=O)OC(C)(C)C)c1. The van der Waals surface area contributed by atoms with Crippen LogP contribution < -0.4 is 5.32 Å². The Labute approximate surface area is 127 Å². The van der Waals surface area contributed by atoms with Gasteiger partial charge in [0, 0.05) is 17.9 Å². The van der Waals surface area contributed by atoms with Crippen molar-refractivity contribution in [1.82, 2.24) is 0 Å². The van der Waals surface area contributed by atoms with Gasteiger partial charge in [0.05, 0.1) is 10.8 Å². The minimum Gasteiger partial charge on any atom is -0.444 e. The molecule has 1 heterocycles. The van der Waals surface area contributed by atoms with Crippen LogP contribution in [-0.2, 0) is 9.53 Å². The largest absolute Gasteiger partial charge is 0.444 e. The Bertz CT molecular complexity index is 547. The maximum Gasteiger partial charge on any atom is 0.412 e. The van der Waals surface area contributed by atoms with E-state index in [1.165, 1.54) is 30.0 Å². The van der Waals surface area contributed by atoms with E-state index in [-0.39, 0.29) is 5.12 Å². The average Bonchev–Trinajstić information content (AvgIpc) is 2.69. The van der Waals surface area contributed by atoms with Crippen LogP contribution >= 0.6 is 23.1 Å². The molecule has 6 heteroatoms. The Morgan fingerprint density at radius 2 is 2.15 bits per heavy atom. The van der Waals surface area contributed by atoms with Gasteiger partial charge in [0.2, 0.25) is 0 Å². The molecule has 0 spiro atoms. The van der Waals surface area contributed by atoms with Gasteiger partial charge in [-0.15, -0.1) is 11.3 Å². The summed E-state index contributed by atoms with van der Waals surface area (Å²) in [5.41, 5.74) is 0.290. The fraction of sp³-hybridized carbons (Fsp3) is 0.429. The summed E-state index contributed by atoms with van der Waals surface area (Å²) in [6, 6.07) is 1.78. The lowest BCUT2D eigenvalue weighted by molar-refractivity contribution is -0.109. The molecule has 0 radical (unpaired) electrons. The lowest BCUT2D eigenvalue weighted by Gasteiger charge is -2.19. The minimum absolute atomic E-state index is 0.0527. The lowest BCUT2D eigenvalue weighted by atomic mass is 10.2. The Morgan fingerprint density at radius 1 is 1.45 bits per heavy atom. The fourth-order valence-corrected chi connectivity index (χ4v) is 2.21. The monoisotopic (exact) mass is 311 g/mol. The summed E-state index contributed by atoms with van der Waals surface area (Å²) in [5, 5.41) is 5.24. The lowest BCUT2D eigenvalue weighted by Crippen LogP contribution is -2.26. The summed E-state index contributed by atoms with van der Waals surface area (Å²) in [7, 11) is 0. The van der Waals surface area contributed by atoms with Gasteiger partial charge in [0.15, 0.2) is 5.12 Å². The van der Waals surface area contributed by atoms with Crippen LogP contribution in [0.15, 0.2) is 11.4 Å². The third-order valence-electron chi connectivity index (χ3n) is 1.80. The number of nitrogens with one attached hydrogen (secondary N) is 1. The number of hydrogen-bond donors (Lipinski definition) is 1. The van der Waals surface area contributed by atoms with Crippen molar-refractivity contribution in [3.63, 3.8) is 0 Å². The number of anilines is 1. The molecule has 1 N–H and O–H groups in total. The molecule has 1 rings (SSSR count). The second kappa shape index (κ2) is 7.36. The van der Waals surface area contributed by atoms with Gasteiger partial charge in [-0.25, -0.2) is 4.79 Å². The summed E-state index contributed by atoms with van der Waals surface area (Å²) in [4.78, 5) is 22.3. The molecule has 0 aromatic carbocycles. The summed E-state index contributed by atoms with van der Waals surface area (Å²) in [6.07, 6.45) is -0.481. The zero-order valence-corrected chi connectivity index (χ0v) is 13.5. The molecular weight excluding hydrogens is 294 g/mol.